The molecule has 162 valence electrons. The normalized spacial score (nSPS) is 10.5. The van der Waals surface area contributed by atoms with E-state index in [2.05, 4.69) is 22.4 Å². The van der Waals surface area contributed by atoms with E-state index in [9.17, 15) is 4.79 Å². The lowest BCUT2D eigenvalue weighted by Gasteiger charge is -2.13. The minimum absolute atomic E-state index is 0.203. The SMILES string of the molecule is Cc1nc(COc2ccc(C(=O)Nc3ccccc3OCCc3ccccc3)cc2)cs1. The number of aromatic nitrogens is 1. The highest BCUT2D eigenvalue weighted by molar-refractivity contribution is 7.09. The first kappa shape index (κ1) is 21.6. The topological polar surface area (TPSA) is 60.5 Å². The third kappa shape index (κ3) is 5.95. The first-order valence-electron chi connectivity index (χ1n) is 10.4. The van der Waals surface area contributed by atoms with Gasteiger partial charge in [0.25, 0.3) is 5.91 Å². The number of carbonyl (C=O) groups excluding carboxylic acids is 1. The summed E-state index contributed by atoms with van der Waals surface area (Å²) < 4.78 is 11.7. The number of rotatable bonds is 9. The van der Waals surface area contributed by atoms with Crippen LogP contribution in [-0.4, -0.2) is 17.5 Å². The van der Waals surface area contributed by atoms with E-state index in [1.165, 1.54) is 5.56 Å². The Balaban J connectivity index is 1.33. The largest absolute Gasteiger partial charge is 0.491 e. The molecule has 0 radical (unpaired) electrons. The number of benzene rings is 3. The van der Waals surface area contributed by atoms with Gasteiger partial charge in [0.2, 0.25) is 0 Å². The number of amides is 1. The summed E-state index contributed by atoms with van der Waals surface area (Å²) in [5.41, 5.74) is 3.30. The van der Waals surface area contributed by atoms with Crippen LogP contribution in [0.5, 0.6) is 11.5 Å². The Bertz CT molecular complexity index is 1160. The van der Waals surface area contributed by atoms with Gasteiger partial charge in [0, 0.05) is 17.4 Å². The van der Waals surface area contributed by atoms with Gasteiger partial charge in [0.15, 0.2) is 0 Å². The van der Waals surface area contributed by atoms with Gasteiger partial charge in [-0.15, -0.1) is 11.3 Å². The van der Waals surface area contributed by atoms with E-state index in [4.69, 9.17) is 9.47 Å². The van der Waals surface area contributed by atoms with Crippen molar-refractivity contribution in [3.8, 4) is 11.5 Å². The number of para-hydroxylation sites is 2. The van der Waals surface area contributed by atoms with Gasteiger partial charge >= 0.3 is 0 Å². The summed E-state index contributed by atoms with van der Waals surface area (Å²) in [5.74, 6) is 1.14. The second-order valence-corrected chi connectivity index (χ2v) is 8.27. The average molecular weight is 445 g/mol. The van der Waals surface area contributed by atoms with E-state index in [1.54, 1.807) is 35.6 Å². The quantitative estimate of drug-likeness (QED) is 0.349. The molecule has 1 amide bonds. The molecule has 0 aliphatic carbocycles. The number of ether oxygens (including phenoxy) is 2. The molecule has 4 aromatic rings. The summed E-state index contributed by atoms with van der Waals surface area (Å²) in [6.45, 7) is 2.90. The molecule has 1 heterocycles. The zero-order valence-electron chi connectivity index (χ0n) is 17.8. The van der Waals surface area contributed by atoms with Crippen molar-refractivity contribution >= 4 is 22.9 Å². The van der Waals surface area contributed by atoms with Crippen molar-refractivity contribution in [3.05, 3.63) is 106 Å². The van der Waals surface area contributed by atoms with Gasteiger partial charge in [-0.1, -0.05) is 42.5 Å². The molecule has 0 bridgehead atoms. The fourth-order valence-electron chi connectivity index (χ4n) is 3.15. The van der Waals surface area contributed by atoms with Crippen molar-refractivity contribution in [2.45, 2.75) is 20.0 Å². The Hall–Kier alpha value is -3.64. The number of anilines is 1. The van der Waals surface area contributed by atoms with Crippen molar-refractivity contribution in [1.82, 2.24) is 4.98 Å². The fourth-order valence-corrected chi connectivity index (χ4v) is 3.75. The minimum atomic E-state index is -0.203. The molecule has 3 aromatic carbocycles. The summed E-state index contributed by atoms with van der Waals surface area (Å²) in [5, 5.41) is 5.94. The van der Waals surface area contributed by atoms with Gasteiger partial charge in [0.1, 0.15) is 18.1 Å². The Kier molecular flexibility index (Phi) is 7.15. The zero-order chi connectivity index (χ0) is 22.2. The number of aryl methyl sites for hydroxylation is 1. The molecule has 0 aliphatic heterocycles. The van der Waals surface area contributed by atoms with Gasteiger partial charge < -0.3 is 14.8 Å². The summed E-state index contributed by atoms with van der Waals surface area (Å²) in [6, 6.07) is 24.7. The highest BCUT2D eigenvalue weighted by Crippen LogP contribution is 2.25. The first-order valence-corrected chi connectivity index (χ1v) is 11.3. The number of carbonyl (C=O) groups is 1. The van der Waals surface area contributed by atoms with Crippen LogP contribution in [0.25, 0.3) is 0 Å². The minimum Gasteiger partial charge on any atom is -0.491 e. The third-order valence-electron chi connectivity index (χ3n) is 4.80. The molecular weight excluding hydrogens is 420 g/mol. The van der Waals surface area contributed by atoms with Gasteiger partial charge in [0.05, 0.1) is 23.0 Å². The lowest BCUT2D eigenvalue weighted by atomic mass is 10.2. The molecule has 32 heavy (non-hydrogen) atoms. The van der Waals surface area contributed by atoms with Gasteiger partial charge in [-0.3, -0.25) is 4.79 Å². The fraction of sp³-hybridized carbons (Fsp3) is 0.154. The predicted octanol–water partition coefficient (Wildman–Crippen LogP) is 5.90. The molecule has 0 fully saturated rings. The summed E-state index contributed by atoms with van der Waals surface area (Å²) in [4.78, 5) is 17.1. The van der Waals surface area contributed by atoms with Crippen LogP contribution in [0, 0.1) is 6.92 Å². The third-order valence-corrected chi connectivity index (χ3v) is 5.62. The van der Waals surface area contributed by atoms with E-state index in [0.717, 1.165) is 17.1 Å². The molecular formula is C26H24N2O3S. The van der Waals surface area contributed by atoms with Crippen molar-refractivity contribution in [1.29, 1.82) is 0 Å². The molecule has 0 spiro atoms. The summed E-state index contributed by atoms with van der Waals surface area (Å²) in [6.07, 6.45) is 0.797. The first-order chi connectivity index (χ1) is 15.7. The maximum Gasteiger partial charge on any atom is 0.255 e. The Labute approximate surface area is 191 Å². The van der Waals surface area contributed by atoms with E-state index in [1.807, 2.05) is 54.8 Å². The van der Waals surface area contributed by atoms with E-state index in [0.29, 0.717) is 36.0 Å². The van der Waals surface area contributed by atoms with Crippen molar-refractivity contribution < 1.29 is 14.3 Å². The maximum absolute atomic E-state index is 12.7. The molecule has 6 heteroatoms. The van der Waals surface area contributed by atoms with Crippen molar-refractivity contribution in [2.24, 2.45) is 0 Å². The van der Waals surface area contributed by atoms with Crippen LogP contribution in [0.4, 0.5) is 5.69 Å². The highest BCUT2D eigenvalue weighted by Gasteiger charge is 2.10. The Morgan fingerprint density at radius 2 is 1.69 bits per heavy atom. The van der Waals surface area contributed by atoms with E-state index < -0.39 is 0 Å². The van der Waals surface area contributed by atoms with Crippen LogP contribution < -0.4 is 14.8 Å². The van der Waals surface area contributed by atoms with Gasteiger partial charge in [-0.2, -0.15) is 0 Å². The highest BCUT2D eigenvalue weighted by atomic mass is 32.1. The summed E-state index contributed by atoms with van der Waals surface area (Å²) >= 11 is 1.60. The van der Waals surface area contributed by atoms with Crippen LogP contribution in [0.15, 0.2) is 84.2 Å². The van der Waals surface area contributed by atoms with Gasteiger partial charge in [-0.05, 0) is 48.9 Å². The van der Waals surface area contributed by atoms with Crippen LogP contribution >= 0.6 is 11.3 Å². The maximum atomic E-state index is 12.7. The van der Waals surface area contributed by atoms with E-state index >= 15 is 0 Å². The summed E-state index contributed by atoms with van der Waals surface area (Å²) in [7, 11) is 0. The monoisotopic (exact) mass is 444 g/mol. The van der Waals surface area contributed by atoms with Crippen LogP contribution in [-0.2, 0) is 13.0 Å². The van der Waals surface area contributed by atoms with E-state index in [-0.39, 0.29) is 5.91 Å². The molecule has 0 saturated heterocycles. The second kappa shape index (κ2) is 10.6. The van der Waals surface area contributed by atoms with Crippen molar-refractivity contribution in [2.75, 3.05) is 11.9 Å². The molecule has 5 nitrogen and oxygen atoms in total. The van der Waals surface area contributed by atoms with Crippen LogP contribution in [0.3, 0.4) is 0 Å². The number of hydrogen-bond acceptors (Lipinski definition) is 5. The predicted molar refractivity (Wildman–Crippen MR) is 128 cm³/mol. The van der Waals surface area contributed by atoms with Crippen LogP contribution in [0.1, 0.15) is 26.6 Å². The number of nitrogens with zero attached hydrogens (tertiary/aromatic N) is 1. The standard InChI is InChI=1S/C26H24N2O3S/c1-19-27-22(18-32-19)17-31-23-13-11-21(12-14-23)26(29)28-24-9-5-6-10-25(24)30-16-15-20-7-3-2-4-8-20/h2-14,18H,15-17H2,1H3,(H,28,29). The Morgan fingerprint density at radius 3 is 2.44 bits per heavy atom. The molecule has 0 atom stereocenters. The lowest BCUT2D eigenvalue weighted by molar-refractivity contribution is 0.102. The Morgan fingerprint density at radius 1 is 0.938 bits per heavy atom. The van der Waals surface area contributed by atoms with Crippen molar-refractivity contribution in [3.63, 3.8) is 0 Å². The average Bonchev–Trinajstić information content (AvgIpc) is 3.25. The molecule has 1 aromatic heterocycles. The zero-order valence-corrected chi connectivity index (χ0v) is 18.6. The molecule has 1 N–H and O–H groups in total. The molecule has 0 saturated carbocycles. The molecule has 0 unspecified atom stereocenters. The van der Waals surface area contributed by atoms with Crippen LogP contribution in [0.2, 0.25) is 0 Å². The molecule has 0 aliphatic rings. The number of thiazole rings is 1. The molecule has 4 rings (SSSR count). The second-order valence-electron chi connectivity index (χ2n) is 7.21. The number of nitrogens with one attached hydrogen (secondary N) is 1. The lowest BCUT2D eigenvalue weighted by Crippen LogP contribution is -2.13. The smallest absolute Gasteiger partial charge is 0.255 e. The van der Waals surface area contributed by atoms with Gasteiger partial charge in [-0.25, -0.2) is 4.98 Å². The number of hydrogen-bond donors (Lipinski definition) is 1.